The van der Waals surface area contributed by atoms with Crippen LogP contribution in [0.5, 0.6) is 0 Å². The predicted molar refractivity (Wildman–Crippen MR) is 143 cm³/mol. The largest absolute Gasteiger partial charge is 0.335 e. The highest BCUT2D eigenvalue weighted by Gasteiger charge is 2.51. The first-order valence-corrected chi connectivity index (χ1v) is 14.4. The molecule has 0 bridgehead atoms. The molecule has 2 aliphatic heterocycles. The van der Waals surface area contributed by atoms with Gasteiger partial charge in [-0.3, -0.25) is 9.89 Å². The molecule has 186 valence electrons. The molecular formula is C27H38BrClN4O. The number of alkyl halides is 1. The van der Waals surface area contributed by atoms with Gasteiger partial charge >= 0.3 is 6.03 Å². The average Bonchev–Trinajstić information content (AvgIpc) is 2.97. The lowest BCUT2D eigenvalue weighted by molar-refractivity contribution is 0.0416. The molecule has 7 heteroatoms. The first kappa shape index (κ1) is 24.6. The first-order valence-electron chi connectivity index (χ1n) is 13.1. The molecule has 1 saturated heterocycles. The number of aliphatic imine (C=N–C) groups is 1. The van der Waals surface area contributed by atoms with E-state index in [9.17, 15) is 4.79 Å². The zero-order valence-corrected chi connectivity index (χ0v) is 22.8. The molecule has 5 atom stereocenters. The van der Waals surface area contributed by atoms with Gasteiger partial charge in [0.15, 0.2) is 0 Å². The Bertz CT molecular complexity index is 927. The van der Waals surface area contributed by atoms with Crippen molar-refractivity contribution in [1.29, 1.82) is 0 Å². The van der Waals surface area contributed by atoms with E-state index >= 15 is 0 Å². The molecular weight excluding hydrogens is 512 g/mol. The van der Waals surface area contributed by atoms with Gasteiger partial charge in [-0.05, 0) is 60.3 Å². The van der Waals surface area contributed by atoms with E-state index in [1.165, 1.54) is 30.4 Å². The highest BCUT2D eigenvalue weighted by atomic mass is 79.9. The van der Waals surface area contributed by atoms with Crippen molar-refractivity contribution in [2.75, 3.05) is 26.2 Å². The van der Waals surface area contributed by atoms with Crippen LogP contribution in [0, 0.1) is 11.3 Å². The molecule has 2 fully saturated rings. The zero-order valence-electron chi connectivity index (χ0n) is 20.5. The Morgan fingerprint density at radius 3 is 2.65 bits per heavy atom. The van der Waals surface area contributed by atoms with Gasteiger partial charge in [-0.1, -0.05) is 66.7 Å². The molecule has 0 radical (unpaired) electrons. The Hall–Kier alpha value is -1.11. The van der Waals surface area contributed by atoms with Crippen LogP contribution in [0.4, 0.5) is 4.79 Å². The molecule has 0 spiro atoms. The number of aryl methyl sites for hydroxylation is 1. The summed E-state index contributed by atoms with van der Waals surface area (Å²) in [6.45, 7) is 8.08. The van der Waals surface area contributed by atoms with Gasteiger partial charge in [0.25, 0.3) is 0 Å². The van der Waals surface area contributed by atoms with Gasteiger partial charge in [-0.2, -0.15) is 0 Å². The third-order valence-electron chi connectivity index (χ3n) is 9.17. The highest BCUT2D eigenvalue weighted by molar-refractivity contribution is 9.10. The predicted octanol–water partition coefficient (Wildman–Crippen LogP) is 5.85. The topological polar surface area (TPSA) is 47.9 Å². The van der Waals surface area contributed by atoms with Gasteiger partial charge in [-0.25, -0.2) is 4.79 Å². The maximum absolute atomic E-state index is 13.0. The van der Waals surface area contributed by atoms with E-state index in [0.29, 0.717) is 16.8 Å². The fourth-order valence-electron chi connectivity index (χ4n) is 6.69. The zero-order chi connectivity index (χ0) is 23.9. The van der Waals surface area contributed by atoms with E-state index in [1.807, 2.05) is 11.0 Å². The van der Waals surface area contributed by atoms with Crippen molar-refractivity contribution in [3.63, 3.8) is 0 Å². The van der Waals surface area contributed by atoms with Crippen LogP contribution in [0.15, 0.2) is 23.2 Å². The van der Waals surface area contributed by atoms with Crippen molar-refractivity contribution < 1.29 is 4.79 Å². The lowest BCUT2D eigenvalue weighted by atomic mass is 9.65. The van der Waals surface area contributed by atoms with Crippen LogP contribution in [0.3, 0.4) is 0 Å². The Labute approximate surface area is 217 Å². The second-order valence-corrected chi connectivity index (χ2v) is 12.6. The lowest BCUT2D eigenvalue weighted by Crippen LogP contribution is -2.57. The first-order chi connectivity index (χ1) is 16.4. The second kappa shape index (κ2) is 10.1. The summed E-state index contributed by atoms with van der Waals surface area (Å²) in [4.78, 5) is 23.0. The van der Waals surface area contributed by atoms with Crippen LogP contribution < -0.4 is 5.32 Å². The standard InChI is InChI=1S/C27H38BrClN4O/c1-18-23(28)17-30-25-24(22-9-8-20(29)16-19(22)10-11-27(18,25)2)32-12-14-33(15-13-32)26(34)31-21-6-4-3-5-7-21/h8-9,16-18,21,23-25H,3-7,10-15H2,1-2H3,(H,31,34). The molecule has 34 heavy (non-hydrogen) atoms. The number of benzene rings is 1. The normalized spacial score (nSPS) is 34.8. The minimum absolute atomic E-state index is 0.0918. The Balaban J connectivity index is 1.37. The number of nitrogens with zero attached hydrogens (tertiary/aromatic N) is 3. The smallest absolute Gasteiger partial charge is 0.317 e. The van der Waals surface area contributed by atoms with Crippen molar-refractivity contribution in [3.8, 4) is 0 Å². The van der Waals surface area contributed by atoms with E-state index in [2.05, 4.69) is 58.3 Å². The Kier molecular flexibility index (Phi) is 7.30. The van der Waals surface area contributed by atoms with Crippen LogP contribution in [0.1, 0.15) is 69.5 Å². The maximum Gasteiger partial charge on any atom is 0.317 e. The molecule has 1 aromatic rings. The number of halogens is 2. The van der Waals surface area contributed by atoms with Gasteiger partial charge in [0.1, 0.15) is 0 Å². The number of amides is 2. The fourth-order valence-corrected chi connectivity index (χ4v) is 7.63. The Morgan fingerprint density at radius 2 is 1.91 bits per heavy atom. The van der Waals surface area contributed by atoms with E-state index in [0.717, 1.165) is 56.9 Å². The monoisotopic (exact) mass is 548 g/mol. The molecule has 5 nitrogen and oxygen atoms in total. The van der Waals surface area contributed by atoms with E-state index in [1.54, 1.807) is 0 Å². The molecule has 1 saturated carbocycles. The quantitative estimate of drug-likeness (QED) is 0.471. The van der Waals surface area contributed by atoms with Gasteiger partial charge in [0, 0.05) is 43.5 Å². The minimum atomic E-state index is 0.0918. The van der Waals surface area contributed by atoms with Crippen molar-refractivity contribution in [2.45, 2.75) is 81.7 Å². The summed E-state index contributed by atoms with van der Waals surface area (Å²) in [5, 5.41) is 4.11. The second-order valence-electron chi connectivity index (χ2n) is 11.1. The molecule has 2 aliphatic carbocycles. The number of carbonyl (C=O) groups excluding carboxylic acids is 1. The number of urea groups is 1. The lowest BCUT2D eigenvalue weighted by Gasteiger charge is -2.50. The number of fused-ring (bicyclic) bond motifs is 2. The van der Waals surface area contributed by atoms with Crippen molar-refractivity contribution in [1.82, 2.24) is 15.1 Å². The number of hydrogen-bond acceptors (Lipinski definition) is 3. The van der Waals surface area contributed by atoms with Crippen LogP contribution in [0.25, 0.3) is 0 Å². The van der Waals surface area contributed by atoms with Crippen LogP contribution in [-0.2, 0) is 6.42 Å². The molecule has 2 heterocycles. The van der Waals surface area contributed by atoms with E-state index < -0.39 is 0 Å². The van der Waals surface area contributed by atoms with Crippen molar-refractivity contribution in [3.05, 3.63) is 34.3 Å². The van der Waals surface area contributed by atoms with Crippen molar-refractivity contribution >= 4 is 39.8 Å². The van der Waals surface area contributed by atoms with E-state index in [-0.39, 0.29) is 23.5 Å². The molecule has 1 N–H and O–H groups in total. The fraction of sp³-hybridized carbons (Fsp3) is 0.704. The molecule has 2 amide bonds. The number of rotatable bonds is 2. The van der Waals surface area contributed by atoms with Crippen LogP contribution in [-0.4, -0.2) is 65.1 Å². The Morgan fingerprint density at radius 1 is 1.18 bits per heavy atom. The maximum atomic E-state index is 13.0. The summed E-state index contributed by atoms with van der Waals surface area (Å²) in [7, 11) is 0. The third kappa shape index (κ3) is 4.67. The highest BCUT2D eigenvalue weighted by Crippen LogP contribution is 2.52. The molecule has 4 aliphatic rings. The number of nitrogens with one attached hydrogen (secondary N) is 1. The number of piperazine rings is 1. The van der Waals surface area contributed by atoms with Gasteiger partial charge in [0.05, 0.1) is 16.9 Å². The summed E-state index contributed by atoms with van der Waals surface area (Å²) in [6.07, 6.45) is 10.3. The average molecular weight is 550 g/mol. The summed E-state index contributed by atoms with van der Waals surface area (Å²) in [5.41, 5.74) is 2.82. The van der Waals surface area contributed by atoms with Crippen molar-refractivity contribution in [2.24, 2.45) is 16.3 Å². The van der Waals surface area contributed by atoms with Crippen LogP contribution >= 0.6 is 27.5 Å². The van der Waals surface area contributed by atoms with Gasteiger partial charge in [-0.15, -0.1) is 0 Å². The van der Waals surface area contributed by atoms with E-state index in [4.69, 9.17) is 16.6 Å². The molecule has 5 unspecified atom stereocenters. The van der Waals surface area contributed by atoms with Gasteiger partial charge < -0.3 is 10.2 Å². The summed E-state index contributed by atoms with van der Waals surface area (Å²) in [5.74, 6) is 0.491. The summed E-state index contributed by atoms with van der Waals surface area (Å²) < 4.78 is 0. The number of hydrogen-bond donors (Lipinski definition) is 1. The van der Waals surface area contributed by atoms with Gasteiger partial charge in [0.2, 0.25) is 0 Å². The molecule has 5 rings (SSSR count). The molecule has 0 aromatic heterocycles. The van der Waals surface area contributed by atoms with Crippen LogP contribution in [0.2, 0.25) is 5.02 Å². The number of carbonyl (C=O) groups is 1. The summed E-state index contributed by atoms with van der Waals surface area (Å²) in [6, 6.07) is 7.32. The SMILES string of the molecule is CC1C(Br)C=NC2C(N3CCN(C(=O)NC4CCCCC4)CC3)c3ccc(Cl)cc3CCC12C. The minimum Gasteiger partial charge on any atom is -0.335 e. The summed E-state index contributed by atoms with van der Waals surface area (Å²) >= 11 is 10.3. The molecule has 1 aromatic carbocycles. The third-order valence-corrected chi connectivity index (χ3v) is 10.4.